The van der Waals surface area contributed by atoms with Gasteiger partial charge in [-0.1, -0.05) is 31.0 Å². The first-order valence-corrected chi connectivity index (χ1v) is 14.8. The van der Waals surface area contributed by atoms with Crippen molar-refractivity contribution in [3.05, 3.63) is 51.9 Å². The van der Waals surface area contributed by atoms with Crippen LogP contribution in [0, 0.1) is 11.3 Å². The summed E-state index contributed by atoms with van der Waals surface area (Å²) in [4.78, 5) is 31.8. The quantitative estimate of drug-likeness (QED) is 0.435. The lowest BCUT2D eigenvalue weighted by molar-refractivity contribution is 0.0658. The van der Waals surface area contributed by atoms with E-state index in [1.54, 1.807) is 6.20 Å². The topological polar surface area (TPSA) is 79.6 Å². The maximum Gasteiger partial charge on any atom is 0.234 e. The van der Waals surface area contributed by atoms with Gasteiger partial charge in [-0.15, -0.1) is 0 Å². The second kappa shape index (κ2) is 12.6. The Bertz CT molecular complexity index is 1150. The molecule has 3 heterocycles. The van der Waals surface area contributed by atoms with Crippen LogP contribution in [0.25, 0.3) is 0 Å². The van der Waals surface area contributed by atoms with Crippen LogP contribution in [0.1, 0.15) is 60.3 Å². The molecule has 0 N–H and O–H groups in total. The highest BCUT2D eigenvalue weighted by Gasteiger charge is 2.29. The van der Waals surface area contributed by atoms with Crippen LogP contribution in [0.3, 0.4) is 0 Å². The average Bonchev–Trinajstić information content (AvgIpc) is 3.48. The van der Waals surface area contributed by atoms with Crippen molar-refractivity contribution in [3.63, 3.8) is 0 Å². The van der Waals surface area contributed by atoms with Crippen LogP contribution in [0.2, 0.25) is 0 Å². The van der Waals surface area contributed by atoms with Gasteiger partial charge in [0.05, 0.1) is 11.0 Å². The van der Waals surface area contributed by atoms with Crippen molar-refractivity contribution in [1.29, 1.82) is 5.26 Å². The molecule has 5 rings (SSSR count). The number of nitrogens with zero attached hydrogens (tertiary/aromatic N) is 7. The Hall–Kier alpha value is -2.38. The number of likely N-dealkylation sites (tertiary alicyclic amines) is 1. The Morgan fingerprint density at radius 2 is 1.84 bits per heavy atom. The highest BCUT2D eigenvalue weighted by atomic mass is 79.9. The molecule has 2 aliphatic heterocycles. The molecule has 0 amide bonds. The molecule has 3 aliphatic rings. The van der Waals surface area contributed by atoms with Gasteiger partial charge in [-0.3, -0.25) is 14.6 Å². The van der Waals surface area contributed by atoms with Gasteiger partial charge in [-0.05, 0) is 73.4 Å². The van der Waals surface area contributed by atoms with Gasteiger partial charge in [0.2, 0.25) is 5.82 Å². The van der Waals surface area contributed by atoms with E-state index in [0.717, 1.165) is 50.9 Å². The zero-order valence-electron chi connectivity index (χ0n) is 22.4. The van der Waals surface area contributed by atoms with Crippen LogP contribution in [-0.2, 0) is 6.54 Å². The molecule has 0 unspecified atom stereocenters. The highest BCUT2D eigenvalue weighted by molar-refractivity contribution is 9.10. The predicted molar refractivity (Wildman–Crippen MR) is 152 cm³/mol. The number of aromatic nitrogens is 2. The van der Waals surface area contributed by atoms with Gasteiger partial charge in [-0.25, -0.2) is 9.97 Å². The summed E-state index contributed by atoms with van der Waals surface area (Å²) in [6.45, 7) is 8.05. The summed E-state index contributed by atoms with van der Waals surface area (Å²) < 4.78 is 0.713. The summed E-state index contributed by atoms with van der Waals surface area (Å²) in [6, 6.07) is 11.1. The number of likely N-dealkylation sites (N-methyl/N-ethyl adjacent to an activating group) is 1. The number of piperidine rings is 1. The molecule has 9 heteroatoms. The van der Waals surface area contributed by atoms with Gasteiger partial charge < -0.3 is 9.80 Å². The molecule has 0 spiro atoms. The molecular weight excluding hydrogens is 542 g/mol. The Kier molecular flexibility index (Phi) is 9.05. The molecule has 38 heavy (non-hydrogen) atoms. The number of piperazine rings is 1. The van der Waals surface area contributed by atoms with Crippen LogP contribution >= 0.6 is 15.9 Å². The number of benzene rings is 1. The first-order chi connectivity index (χ1) is 18.5. The number of Topliss-reactive ketones (excluding diaryl/α,β-unsaturated/α-hetero) is 1. The number of carbonyl (C=O) groups excluding carboxylic acids is 1. The minimum atomic E-state index is 0.0801. The molecular formula is C29H38BrN7O. The SMILES string of the molecule is CN1CCN(C2CCN(Cc3cccc(C(=O)CN(c4nc(C#N)ncc4Br)C4CCCC4)c3)CC2)CC1. The van der Waals surface area contributed by atoms with E-state index in [9.17, 15) is 10.1 Å². The summed E-state index contributed by atoms with van der Waals surface area (Å²) >= 11 is 3.55. The van der Waals surface area contributed by atoms with Crippen molar-refractivity contribution < 1.29 is 4.79 Å². The summed E-state index contributed by atoms with van der Waals surface area (Å²) in [5, 5.41) is 9.33. The zero-order chi connectivity index (χ0) is 26.5. The van der Waals surface area contributed by atoms with E-state index in [4.69, 9.17) is 0 Å². The molecule has 1 aliphatic carbocycles. The van der Waals surface area contributed by atoms with Crippen LogP contribution in [0.5, 0.6) is 0 Å². The average molecular weight is 581 g/mol. The van der Waals surface area contributed by atoms with E-state index in [-0.39, 0.29) is 24.2 Å². The van der Waals surface area contributed by atoms with Crippen molar-refractivity contribution in [3.8, 4) is 6.07 Å². The third-order valence-corrected chi connectivity index (χ3v) is 9.00. The van der Waals surface area contributed by atoms with E-state index in [0.29, 0.717) is 16.3 Å². The van der Waals surface area contributed by atoms with Crippen molar-refractivity contribution in [2.75, 3.05) is 57.8 Å². The second-order valence-electron chi connectivity index (χ2n) is 11.0. The maximum absolute atomic E-state index is 13.5. The number of anilines is 1. The second-order valence-corrected chi connectivity index (χ2v) is 11.9. The van der Waals surface area contributed by atoms with E-state index >= 15 is 0 Å². The summed E-state index contributed by atoms with van der Waals surface area (Å²) in [5.74, 6) is 0.838. The summed E-state index contributed by atoms with van der Waals surface area (Å²) in [5.41, 5.74) is 1.93. The molecule has 2 saturated heterocycles. The lowest BCUT2D eigenvalue weighted by Gasteiger charge is -2.42. The van der Waals surface area contributed by atoms with Crippen molar-refractivity contribution in [2.24, 2.45) is 0 Å². The number of nitriles is 1. The van der Waals surface area contributed by atoms with E-state index < -0.39 is 0 Å². The van der Waals surface area contributed by atoms with Crippen LogP contribution in [0.4, 0.5) is 5.82 Å². The van der Waals surface area contributed by atoms with Gasteiger partial charge in [0.15, 0.2) is 5.78 Å². The highest BCUT2D eigenvalue weighted by Crippen LogP contribution is 2.32. The van der Waals surface area contributed by atoms with Crippen molar-refractivity contribution in [1.82, 2.24) is 24.7 Å². The molecule has 1 aromatic carbocycles. The van der Waals surface area contributed by atoms with Crippen molar-refractivity contribution >= 4 is 27.5 Å². The smallest absolute Gasteiger partial charge is 0.234 e. The van der Waals surface area contributed by atoms with Gasteiger partial charge in [0.1, 0.15) is 11.9 Å². The van der Waals surface area contributed by atoms with Crippen molar-refractivity contribution in [2.45, 2.75) is 57.2 Å². The Labute approximate surface area is 234 Å². The zero-order valence-corrected chi connectivity index (χ0v) is 23.9. The van der Waals surface area contributed by atoms with Crippen LogP contribution < -0.4 is 4.90 Å². The standard InChI is InChI=1S/C29H38BrN7O/c1-34-13-15-36(16-14-34)24-9-11-35(12-10-24)20-22-5-4-6-23(17-22)27(38)21-37(25-7-2-3-8-25)29-26(30)19-32-28(18-31)33-29/h4-6,17,19,24-25H,2-3,7-16,20-21H2,1H3. The Morgan fingerprint density at radius 1 is 1.11 bits per heavy atom. The number of halogens is 1. The number of rotatable bonds is 8. The molecule has 1 saturated carbocycles. The number of hydrogen-bond donors (Lipinski definition) is 0. The summed E-state index contributed by atoms with van der Waals surface area (Å²) in [7, 11) is 2.21. The lowest BCUT2D eigenvalue weighted by Crippen LogP contribution is -2.52. The van der Waals surface area contributed by atoms with E-state index in [1.807, 2.05) is 18.2 Å². The fraction of sp³-hybridized carbons (Fsp3) is 0.586. The first kappa shape index (κ1) is 27.2. The minimum Gasteiger partial charge on any atom is -0.345 e. The third kappa shape index (κ3) is 6.60. The van der Waals surface area contributed by atoms with Gasteiger partial charge in [0.25, 0.3) is 0 Å². The van der Waals surface area contributed by atoms with E-state index in [2.05, 4.69) is 64.7 Å². The molecule has 202 valence electrons. The fourth-order valence-electron chi connectivity index (χ4n) is 6.18. The number of carbonyl (C=O) groups is 1. The van der Waals surface area contributed by atoms with Crippen LogP contribution in [0.15, 0.2) is 34.9 Å². The largest absolute Gasteiger partial charge is 0.345 e. The molecule has 3 fully saturated rings. The van der Waals surface area contributed by atoms with Gasteiger partial charge in [0, 0.05) is 56.6 Å². The molecule has 8 nitrogen and oxygen atoms in total. The lowest BCUT2D eigenvalue weighted by atomic mass is 10.0. The summed E-state index contributed by atoms with van der Waals surface area (Å²) in [6.07, 6.45) is 8.38. The fourth-order valence-corrected chi connectivity index (χ4v) is 6.60. The minimum absolute atomic E-state index is 0.0801. The molecule has 0 radical (unpaired) electrons. The van der Waals surface area contributed by atoms with E-state index in [1.165, 1.54) is 44.6 Å². The maximum atomic E-state index is 13.5. The monoisotopic (exact) mass is 579 g/mol. The normalized spacial score (nSPS) is 20.4. The molecule has 0 bridgehead atoms. The predicted octanol–water partition coefficient (Wildman–Crippen LogP) is 3.95. The van der Waals surface area contributed by atoms with Gasteiger partial charge >= 0.3 is 0 Å². The van der Waals surface area contributed by atoms with Gasteiger partial charge in [-0.2, -0.15) is 5.26 Å². The number of hydrogen-bond acceptors (Lipinski definition) is 8. The molecule has 0 atom stereocenters. The number of ketones is 1. The first-order valence-electron chi connectivity index (χ1n) is 14.0. The molecule has 1 aromatic heterocycles. The Morgan fingerprint density at radius 3 is 2.55 bits per heavy atom. The Balaban J connectivity index is 1.22. The third-order valence-electron chi connectivity index (χ3n) is 8.44. The molecule has 2 aromatic rings. The van der Waals surface area contributed by atoms with Crippen LogP contribution in [-0.4, -0.2) is 95.4 Å².